The van der Waals surface area contributed by atoms with Crippen molar-refractivity contribution in [2.24, 2.45) is 0 Å². The van der Waals surface area contributed by atoms with E-state index in [0.717, 1.165) is 36.5 Å². The fourth-order valence-electron chi connectivity index (χ4n) is 2.81. The second-order valence-corrected chi connectivity index (χ2v) is 6.38. The van der Waals surface area contributed by atoms with Gasteiger partial charge in [-0.05, 0) is 30.3 Å². The Morgan fingerprint density at radius 2 is 1.58 bits per heavy atom. The van der Waals surface area contributed by atoms with Crippen LogP contribution in [0.5, 0.6) is 0 Å². The molecule has 4 rings (SSSR count). The first-order valence-corrected chi connectivity index (χ1v) is 8.68. The molecule has 0 N–H and O–H groups in total. The summed E-state index contributed by atoms with van der Waals surface area (Å²) in [5.41, 5.74) is -1.60. The highest BCUT2D eigenvalue weighted by atomic mass is 19.4. The highest BCUT2D eigenvalue weighted by Crippen LogP contribution is 2.34. The number of fused-ring (bicyclic) bond motifs is 1. The SMILES string of the molecule is FC(F)(F)c1ccc(-c2cc(C(F)(F)F)n3ncc(C#Cc4cccnc4)c3n2)cc1. The number of alkyl halides is 6. The monoisotopic (exact) mass is 432 g/mol. The molecule has 0 amide bonds. The standard InChI is InChI=1S/C21H10F6N4/c22-20(23,24)16-7-5-14(6-8-16)17-10-18(21(25,26)27)31-19(30-17)15(12-29-31)4-3-13-2-1-9-28-11-13/h1-2,5-12H. The van der Waals surface area contributed by atoms with Crippen molar-refractivity contribution in [1.29, 1.82) is 0 Å². The number of halogens is 6. The third-order valence-corrected chi connectivity index (χ3v) is 4.27. The molecule has 0 aliphatic carbocycles. The molecule has 0 radical (unpaired) electrons. The van der Waals surface area contributed by atoms with E-state index in [2.05, 4.69) is 26.9 Å². The summed E-state index contributed by atoms with van der Waals surface area (Å²) in [5.74, 6) is 5.49. The van der Waals surface area contributed by atoms with E-state index >= 15 is 0 Å². The number of aromatic nitrogens is 4. The van der Waals surface area contributed by atoms with Gasteiger partial charge in [0.1, 0.15) is 0 Å². The van der Waals surface area contributed by atoms with Gasteiger partial charge in [-0.2, -0.15) is 31.4 Å². The fraction of sp³-hybridized carbons (Fsp3) is 0.0952. The second kappa shape index (κ2) is 7.43. The maximum absolute atomic E-state index is 13.6. The summed E-state index contributed by atoms with van der Waals surface area (Å²) in [6.07, 6.45) is -5.15. The summed E-state index contributed by atoms with van der Waals surface area (Å²) in [7, 11) is 0. The highest BCUT2D eigenvalue weighted by molar-refractivity contribution is 5.67. The first kappa shape index (κ1) is 20.4. The molecule has 3 heterocycles. The summed E-state index contributed by atoms with van der Waals surface area (Å²) < 4.78 is 79.8. The second-order valence-electron chi connectivity index (χ2n) is 6.38. The molecule has 0 spiro atoms. The normalized spacial score (nSPS) is 11.9. The van der Waals surface area contributed by atoms with Gasteiger partial charge in [-0.15, -0.1) is 0 Å². The van der Waals surface area contributed by atoms with Crippen LogP contribution < -0.4 is 0 Å². The lowest BCUT2D eigenvalue weighted by Gasteiger charge is -2.12. The molecule has 31 heavy (non-hydrogen) atoms. The zero-order chi connectivity index (χ0) is 22.2. The predicted octanol–water partition coefficient (Wildman–Crippen LogP) is 5.23. The summed E-state index contributed by atoms with van der Waals surface area (Å²) in [6.45, 7) is 0. The Morgan fingerprint density at radius 1 is 0.839 bits per heavy atom. The molecule has 0 fully saturated rings. The van der Waals surface area contributed by atoms with E-state index in [1.165, 1.54) is 6.20 Å². The molecule has 0 aliphatic rings. The number of hydrogen-bond donors (Lipinski definition) is 0. The largest absolute Gasteiger partial charge is 0.433 e. The summed E-state index contributed by atoms with van der Waals surface area (Å²) in [4.78, 5) is 8.09. The van der Waals surface area contributed by atoms with Gasteiger partial charge < -0.3 is 0 Å². The van der Waals surface area contributed by atoms with Crippen LogP contribution in [0.15, 0.2) is 61.1 Å². The first-order chi connectivity index (χ1) is 14.6. The Labute approximate surface area is 171 Å². The number of pyridine rings is 1. The molecule has 0 atom stereocenters. The summed E-state index contributed by atoms with van der Waals surface area (Å²) in [5, 5.41) is 3.75. The van der Waals surface area contributed by atoms with Gasteiger partial charge >= 0.3 is 12.4 Å². The third kappa shape index (κ3) is 4.21. The van der Waals surface area contributed by atoms with Crippen molar-refractivity contribution in [3.05, 3.63) is 83.4 Å². The predicted molar refractivity (Wildman–Crippen MR) is 98.6 cm³/mol. The topological polar surface area (TPSA) is 43.1 Å². The van der Waals surface area contributed by atoms with Crippen molar-refractivity contribution in [3.8, 4) is 23.1 Å². The van der Waals surface area contributed by atoms with Crippen LogP contribution in [-0.4, -0.2) is 19.6 Å². The van der Waals surface area contributed by atoms with E-state index in [1.54, 1.807) is 18.3 Å². The molecule has 0 aliphatic heterocycles. The molecule has 0 saturated heterocycles. The van der Waals surface area contributed by atoms with Gasteiger partial charge in [0.05, 0.1) is 23.0 Å². The van der Waals surface area contributed by atoms with Gasteiger partial charge in [0.25, 0.3) is 0 Å². The minimum absolute atomic E-state index is 0.0911. The van der Waals surface area contributed by atoms with Gasteiger partial charge in [-0.3, -0.25) is 4.98 Å². The Kier molecular flexibility index (Phi) is 4.89. The van der Waals surface area contributed by atoms with Crippen LogP contribution in [-0.2, 0) is 12.4 Å². The zero-order valence-corrected chi connectivity index (χ0v) is 15.3. The molecule has 1 aromatic carbocycles. The third-order valence-electron chi connectivity index (χ3n) is 4.27. The Bertz CT molecular complexity index is 1290. The lowest BCUT2D eigenvalue weighted by molar-refractivity contribution is -0.142. The van der Waals surface area contributed by atoms with Crippen LogP contribution in [0.4, 0.5) is 26.3 Å². The molecule has 4 aromatic rings. The molecular formula is C21H10F6N4. The lowest BCUT2D eigenvalue weighted by atomic mass is 10.1. The smallest absolute Gasteiger partial charge is 0.263 e. The van der Waals surface area contributed by atoms with Crippen molar-refractivity contribution >= 4 is 5.65 Å². The number of nitrogens with zero attached hydrogens (tertiary/aromatic N) is 4. The van der Waals surface area contributed by atoms with Crippen LogP contribution in [0.1, 0.15) is 22.4 Å². The lowest BCUT2D eigenvalue weighted by Crippen LogP contribution is -2.13. The first-order valence-electron chi connectivity index (χ1n) is 8.68. The molecule has 0 bridgehead atoms. The number of benzene rings is 1. The van der Waals surface area contributed by atoms with Crippen molar-refractivity contribution in [3.63, 3.8) is 0 Å². The van der Waals surface area contributed by atoms with E-state index in [1.807, 2.05) is 0 Å². The quantitative estimate of drug-likeness (QED) is 0.306. The van der Waals surface area contributed by atoms with Crippen LogP contribution in [0, 0.1) is 11.8 Å². The van der Waals surface area contributed by atoms with Crippen molar-refractivity contribution in [2.75, 3.05) is 0 Å². The van der Waals surface area contributed by atoms with Gasteiger partial charge in [-0.25, -0.2) is 9.50 Å². The van der Waals surface area contributed by atoms with E-state index in [-0.39, 0.29) is 22.5 Å². The summed E-state index contributed by atoms with van der Waals surface area (Å²) >= 11 is 0. The molecular weight excluding hydrogens is 422 g/mol. The zero-order valence-electron chi connectivity index (χ0n) is 15.3. The fourth-order valence-corrected chi connectivity index (χ4v) is 2.81. The van der Waals surface area contributed by atoms with Crippen molar-refractivity contribution in [2.45, 2.75) is 12.4 Å². The van der Waals surface area contributed by atoms with Crippen LogP contribution in [0.25, 0.3) is 16.9 Å². The minimum Gasteiger partial charge on any atom is -0.263 e. The maximum atomic E-state index is 13.6. The maximum Gasteiger partial charge on any atom is 0.433 e. The van der Waals surface area contributed by atoms with E-state index in [0.29, 0.717) is 10.1 Å². The molecule has 10 heteroatoms. The number of hydrogen-bond acceptors (Lipinski definition) is 3. The van der Waals surface area contributed by atoms with Crippen LogP contribution in [0.3, 0.4) is 0 Å². The summed E-state index contributed by atoms with van der Waals surface area (Å²) in [6, 6.07) is 7.78. The minimum atomic E-state index is -4.78. The molecule has 3 aromatic heterocycles. The van der Waals surface area contributed by atoms with E-state index < -0.39 is 23.6 Å². The van der Waals surface area contributed by atoms with Gasteiger partial charge in [0, 0.05) is 23.5 Å². The molecule has 0 saturated carbocycles. The van der Waals surface area contributed by atoms with Crippen LogP contribution >= 0.6 is 0 Å². The van der Waals surface area contributed by atoms with Crippen molar-refractivity contribution < 1.29 is 26.3 Å². The van der Waals surface area contributed by atoms with E-state index in [4.69, 9.17) is 0 Å². The average Bonchev–Trinajstić information content (AvgIpc) is 3.14. The Balaban J connectivity index is 1.86. The Hall–Kier alpha value is -3.87. The van der Waals surface area contributed by atoms with E-state index in [9.17, 15) is 26.3 Å². The van der Waals surface area contributed by atoms with Gasteiger partial charge in [-0.1, -0.05) is 24.0 Å². The van der Waals surface area contributed by atoms with Crippen LogP contribution in [0.2, 0.25) is 0 Å². The molecule has 0 unspecified atom stereocenters. The van der Waals surface area contributed by atoms with Gasteiger partial charge in [0.2, 0.25) is 0 Å². The van der Waals surface area contributed by atoms with Crippen molar-refractivity contribution in [1.82, 2.24) is 19.6 Å². The highest BCUT2D eigenvalue weighted by Gasteiger charge is 2.36. The average molecular weight is 432 g/mol. The number of rotatable bonds is 1. The molecule has 4 nitrogen and oxygen atoms in total. The van der Waals surface area contributed by atoms with Gasteiger partial charge in [0.15, 0.2) is 11.3 Å². The molecule has 156 valence electrons. The Morgan fingerprint density at radius 3 is 2.19 bits per heavy atom.